The molecular formula is C10H7F7O. The van der Waals surface area contributed by atoms with Crippen molar-refractivity contribution in [3.63, 3.8) is 0 Å². The molecule has 0 saturated carbocycles. The smallest absolute Gasteiger partial charge is 0.369 e. The summed E-state index contributed by atoms with van der Waals surface area (Å²) in [6.07, 6.45) is -12.2. The molecule has 0 atom stereocenters. The van der Waals surface area contributed by atoms with Crippen LogP contribution in [0.2, 0.25) is 0 Å². The maximum atomic E-state index is 13.2. The van der Waals surface area contributed by atoms with Gasteiger partial charge >= 0.3 is 12.4 Å². The molecule has 0 aliphatic heterocycles. The second-order valence-corrected chi connectivity index (χ2v) is 3.69. The average molecular weight is 276 g/mol. The van der Waals surface area contributed by atoms with Crippen LogP contribution < -0.4 is 0 Å². The van der Waals surface area contributed by atoms with Crippen LogP contribution in [0, 0.1) is 12.7 Å². The Balaban J connectivity index is 3.56. The Morgan fingerprint density at radius 3 is 1.72 bits per heavy atom. The first kappa shape index (κ1) is 14.7. The van der Waals surface area contributed by atoms with Crippen LogP contribution in [0.1, 0.15) is 11.1 Å². The zero-order valence-corrected chi connectivity index (χ0v) is 8.83. The molecule has 102 valence electrons. The normalized spacial score (nSPS) is 13.8. The van der Waals surface area contributed by atoms with E-state index in [2.05, 4.69) is 0 Å². The van der Waals surface area contributed by atoms with E-state index in [1.807, 2.05) is 0 Å². The monoisotopic (exact) mass is 276 g/mol. The SMILES string of the molecule is Cc1ccc(C(O)(C(F)(F)F)C(F)(F)F)c(F)c1. The lowest BCUT2D eigenvalue weighted by atomic mass is 9.91. The Hall–Kier alpha value is -1.31. The number of aliphatic hydroxyl groups is 1. The fourth-order valence-corrected chi connectivity index (χ4v) is 1.38. The number of halogens is 7. The molecule has 0 saturated heterocycles. The fourth-order valence-electron chi connectivity index (χ4n) is 1.38. The van der Waals surface area contributed by atoms with E-state index >= 15 is 0 Å². The van der Waals surface area contributed by atoms with Gasteiger partial charge in [0.1, 0.15) is 5.82 Å². The van der Waals surface area contributed by atoms with Crippen molar-refractivity contribution >= 4 is 0 Å². The zero-order chi connectivity index (χ0) is 14.4. The van der Waals surface area contributed by atoms with Crippen molar-refractivity contribution in [3.8, 4) is 0 Å². The molecule has 0 aliphatic rings. The van der Waals surface area contributed by atoms with Crippen LogP contribution in [0.5, 0.6) is 0 Å². The van der Waals surface area contributed by atoms with E-state index in [1.165, 1.54) is 6.92 Å². The van der Waals surface area contributed by atoms with E-state index in [4.69, 9.17) is 5.11 Å². The minimum atomic E-state index is -6.08. The average Bonchev–Trinajstić information content (AvgIpc) is 2.12. The lowest BCUT2D eigenvalue weighted by Crippen LogP contribution is -2.54. The van der Waals surface area contributed by atoms with Gasteiger partial charge in [-0.15, -0.1) is 0 Å². The van der Waals surface area contributed by atoms with Gasteiger partial charge in [0, 0.05) is 5.56 Å². The molecule has 0 amide bonds. The van der Waals surface area contributed by atoms with Gasteiger partial charge in [0.25, 0.3) is 5.60 Å². The summed E-state index contributed by atoms with van der Waals surface area (Å²) in [6, 6.07) is 1.60. The van der Waals surface area contributed by atoms with Gasteiger partial charge < -0.3 is 5.11 Å². The van der Waals surface area contributed by atoms with E-state index in [-0.39, 0.29) is 11.6 Å². The Kier molecular flexibility index (Phi) is 3.37. The second-order valence-electron chi connectivity index (χ2n) is 3.69. The molecule has 0 aromatic heterocycles. The first-order chi connectivity index (χ1) is 7.91. The van der Waals surface area contributed by atoms with E-state index in [0.29, 0.717) is 6.07 Å². The zero-order valence-electron chi connectivity index (χ0n) is 8.83. The number of alkyl halides is 6. The quantitative estimate of drug-likeness (QED) is 0.779. The van der Waals surface area contributed by atoms with Crippen LogP contribution >= 0.6 is 0 Å². The molecule has 0 spiro atoms. The Labute approximate surface area is 96.8 Å². The van der Waals surface area contributed by atoms with Crippen molar-refractivity contribution in [1.82, 2.24) is 0 Å². The fraction of sp³-hybridized carbons (Fsp3) is 0.400. The van der Waals surface area contributed by atoms with Crippen LogP contribution in [0.3, 0.4) is 0 Å². The molecule has 1 N–H and O–H groups in total. The summed E-state index contributed by atoms with van der Waals surface area (Å²) < 4.78 is 87.8. The van der Waals surface area contributed by atoms with Gasteiger partial charge in [0.05, 0.1) is 0 Å². The highest BCUT2D eigenvalue weighted by Crippen LogP contribution is 2.50. The van der Waals surface area contributed by atoms with Gasteiger partial charge in [-0.3, -0.25) is 0 Å². The topological polar surface area (TPSA) is 20.2 Å². The first-order valence-corrected chi connectivity index (χ1v) is 4.53. The maximum Gasteiger partial charge on any atom is 0.430 e. The highest BCUT2D eigenvalue weighted by atomic mass is 19.4. The van der Waals surface area contributed by atoms with Crippen LogP contribution in [0.4, 0.5) is 30.7 Å². The number of benzene rings is 1. The first-order valence-electron chi connectivity index (χ1n) is 4.53. The highest BCUT2D eigenvalue weighted by molar-refractivity contribution is 5.31. The largest absolute Gasteiger partial charge is 0.430 e. The van der Waals surface area contributed by atoms with Gasteiger partial charge in [-0.2, -0.15) is 26.3 Å². The van der Waals surface area contributed by atoms with Crippen molar-refractivity contribution in [2.75, 3.05) is 0 Å². The summed E-state index contributed by atoms with van der Waals surface area (Å²) >= 11 is 0. The van der Waals surface area contributed by atoms with Crippen LogP contribution in [0.25, 0.3) is 0 Å². The summed E-state index contributed by atoms with van der Waals surface area (Å²) in [5.41, 5.74) is -6.96. The lowest BCUT2D eigenvalue weighted by Gasteiger charge is -2.32. The molecule has 0 unspecified atom stereocenters. The number of hydrogen-bond donors (Lipinski definition) is 1. The minimum absolute atomic E-state index is 0.128. The Bertz CT molecular complexity index is 433. The standard InChI is InChI=1S/C10H7F7O/c1-5-2-3-6(7(11)4-5)8(18,9(12,13)14)10(15,16)17/h2-4,18H,1H3. The molecule has 1 rings (SSSR count). The molecular weight excluding hydrogens is 269 g/mol. The summed E-state index contributed by atoms with van der Waals surface area (Å²) in [5.74, 6) is -1.77. The third-order valence-corrected chi connectivity index (χ3v) is 2.33. The van der Waals surface area contributed by atoms with E-state index in [1.54, 1.807) is 0 Å². The van der Waals surface area contributed by atoms with Crippen LogP contribution in [-0.4, -0.2) is 17.5 Å². The summed E-state index contributed by atoms with van der Waals surface area (Å²) in [7, 11) is 0. The lowest BCUT2D eigenvalue weighted by molar-refractivity contribution is -0.377. The molecule has 0 fully saturated rings. The summed E-state index contributed by atoms with van der Waals surface area (Å²) in [6.45, 7) is 1.28. The van der Waals surface area contributed by atoms with E-state index < -0.39 is 29.3 Å². The van der Waals surface area contributed by atoms with Crippen molar-refractivity contribution in [1.29, 1.82) is 0 Å². The van der Waals surface area contributed by atoms with Gasteiger partial charge in [0.15, 0.2) is 0 Å². The predicted octanol–water partition coefficient (Wildman–Crippen LogP) is 3.45. The van der Waals surface area contributed by atoms with Crippen molar-refractivity contribution in [3.05, 3.63) is 35.1 Å². The molecule has 0 bridgehead atoms. The van der Waals surface area contributed by atoms with Gasteiger partial charge in [-0.25, -0.2) is 4.39 Å². The van der Waals surface area contributed by atoms with Gasteiger partial charge in [0.2, 0.25) is 0 Å². The van der Waals surface area contributed by atoms with E-state index in [9.17, 15) is 30.7 Å². The van der Waals surface area contributed by atoms with Crippen molar-refractivity contribution in [2.45, 2.75) is 24.9 Å². The third kappa shape index (κ3) is 2.16. The van der Waals surface area contributed by atoms with Gasteiger partial charge in [-0.1, -0.05) is 12.1 Å². The molecule has 1 aromatic rings. The van der Waals surface area contributed by atoms with Crippen LogP contribution in [-0.2, 0) is 5.60 Å². The van der Waals surface area contributed by atoms with Gasteiger partial charge in [-0.05, 0) is 18.6 Å². The maximum absolute atomic E-state index is 13.2. The number of aryl methyl sites for hydroxylation is 1. The van der Waals surface area contributed by atoms with Crippen molar-refractivity contribution in [2.24, 2.45) is 0 Å². The number of rotatable bonds is 1. The Morgan fingerprint density at radius 1 is 0.944 bits per heavy atom. The molecule has 0 heterocycles. The molecule has 18 heavy (non-hydrogen) atoms. The molecule has 0 radical (unpaired) electrons. The van der Waals surface area contributed by atoms with E-state index in [0.717, 1.165) is 6.07 Å². The second kappa shape index (κ2) is 4.11. The highest BCUT2D eigenvalue weighted by Gasteiger charge is 2.72. The van der Waals surface area contributed by atoms with Crippen molar-refractivity contribution < 1.29 is 35.8 Å². The third-order valence-electron chi connectivity index (χ3n) is 2.33. The molecule has 8 heteroatoms. The Morgan fingerprint density at radius 2 is 1.39 bits per heavy atom. The molecule has 0 aliphatic carbocycles. The summed E-state index contributed by atoms with van der Waals surface area (Å²) in [4.78, 5) is 0. The predicted molar refractivity (Wildman–Crippen MR) is 47.1 cm³/mol. The number of hydrogen-bond acceptors (Lipinski definition) is 1. The summed E-state index contributed by atoms with van der Waals surface area (Å²) in [5, 5.41) is 8.94. The van der Waals surface area contributed by atoms with Crippen LogP contribution in [0.15, 0.2) is 18.2 Å². The molecule has 1 nitrogen and oxygen atoms in total. The molecule has 1 aromatic carbocycles. The minimum Gasteiger partial charge on any atom is -0.369 e.